The normalized spacial score (nSPS) is 16.9. The molecule has 0 bridgehead atoms. The molecule has 0 saturated heterocycles. The van der Waals surface area contributed by atoms with Crippen molar-refractivity contribution in [2.45, 2.75) is 38.4 Å². The summed E-state index contributed by atoms with van der Waals surface area (Å²) in [5.41, 5.74) is 2.45. The van der Waals surface area contributed by atoms with Gasteiger partial charge in [0.25, 0.3) is 0 Å². The van der Waals surface area contributed by atoms with Crippen LogP contribution < -0.4 is 5.32 Å². The summed E-state index contributed by atoms with van der Waals surface area (Å²) in [6.07, 6.45) is 4.39. The first-order valence-corrected chi connectivity index (χ1v) is 8.80. The van der Waals surface area contributed by atoms with Crippen LogP contribution in [0.5, 0.6) is 0 Å². The average Bonchev–Trinajstić information content (AvgIpc) is 2.95. The van der Waals surface area contributed by atoms with Crippen LogP contribution in [0.15, 0.2) is 24.3 Å². The van der Waals surface area contributed by atoms with Crippen molar-refractivity contribution >= 4 is 17.7 Å². The Morgan fingerprint density at radius 1 is 1.38 bits per heavy atom. The molecule has 116 valence electrons. The number of hydrogen-bond donors (Lipinski definition) is 2. The fourth-order valence-electron chi connectivity index (χ4n) is 2.92. The number of nitrogens with one attached hydrogen (secondary N) is 1. The molecule has 3 nitrogen and oxygen atoms in total. The van der Waals surface area contributed by atoms with Gasteiger partial charge in [-0.25, -0.2) is 0 Å². The minimum atomic E-state index is -0.0587. The highest BCUT2D eigenvalue weighted by Gasteiger charge is 2.33. The van der Waals surface area contributed by atoms with Crippen LogP contribution in [0.4, 0.5) is 0 Å². The van der Waals surface area contributed by atoms with Gasteiger partial charge < -0.3 is 10.4 Å². The molecular formula is C17H25NO2S. The molecule has 1 aromatic carbocycles. The third-order valence-electron chi connectivity index (χ3n) is 4.24. The fraction of sp³-hybridized carbons (Fsp3) is 0.588. The molecule has 0 aliphatic heterocycles. The molecule has 0 aromatic heterocycles. The van der Waals surface area contributed by atoms with E-state index in [4.69, 9.17) is 0 Å². The smallest absolute Gasteiger partial charge is 0.230 e. The van der Waals surface area contributed by atoms with E-state index in [0.29, 0.717) is 12.3 Å². The molecule has 1 aliphatic rings. The van der Waals surface area contributed by atoms with E-state index < -0.39 is 0 Å². The number of aryl methyl sites for hydroxylation is 1. The minimum Gasteiger partial charge on any atom is -0.396 e. The molecular weight excluding hydrogens is 282 g/mol. The summed E-state index contributed by atoms with van der Waals surface area (Å²) in [4.78, 5) is 11.9. The van der Waals surface area contributed by atoms with Crippen LogP contribution in [0, 0.1) is 12.3 Å². The summed E-state index contributed by atoms with van der Waals surface area (Å²) in [7, 11) is 0. The van der Waals surface area contributed by atoms with Gasteiger partial charge >= 0.3 is 0 Å². The van der Waals surface area contributed by atoms with Gasteiger partial charge in [-0.15, -0.1) is 11.8 Å². The van der Waals surface area contributed by atoms with Gasteiger partial charge in [0, 0.05) is 17.7 Å². The second-order valence-electron chi connectivity index (χ2n) is 6.12. The van der Waals surface area contributed by atoms with Gasteiger partial charge in [-0.1, -0.05) is 42.7 Å². The Hall–Kier alpha value is -1.00. The maximum atomic E-state index is 11.9. The van der Waals surface area contributed by atoms with E-state index in [1.165, 1.54) is 24.0 Å². The Labute approximate surface area is 131 Å². The van der Waals surface area contributed by atoms with Gasteiger partial charge in [0.15, 0.2) is 0 Å². The maximum Gasteiger partial charge on any atom is 0.230 e. The van der Waals surface area contributed by atoms with Crippen LogP contribution in [-0.2, 0) is 10.5 Å². The van der Waals surface area contributed by atoms with Crippen LogP contribution in [0.1, 0.15) is 36.8 Å². The van der Waals surface area contributed by atoms with Crippen LogP contribution in [0.3, 0.4) is 0 Å². The van der Waals surface area contributed by atoms with E-state index >= 15 is 0 Å². The Morgan fingerprint density at radius 2 is 2.14 bits per heavy atom. The first kappa shape index (κ1) is 16.4. The van der Waals surface area contributed by atoms with E-state index in [2.05, 4.69) is 36.5 Å². The molecule has 0 spiro atoms. The molecule has 1 amide bonds. The van der Waals surface area contributed by atoms with Crippen LogP contribution in [0.2, 0.25) is 0 Å². The number of amides is 1. The average molecular weight is 307 g/mol. The first-order chi connectivity index (χ1) is 10.1. The first-order valence-electron chi connectivity index (χ1n) is 7.64. The molecule has 21 heavy (non-hydrogen) atoms. The number of thioether (sulfide) groups is 1. The fourth-order valence-corrected chi connectivity index (χ4v) is 3.72. The highest BCUT2D eigenvalue weighted by atomic mass is 32.2. The van der Waals surface area contributed by atoms with Gasteiger partial charge in [-0.05, 0) is 25.3 Å². The zero-order valence-electron chi connectivity index (χ0n) is 12.7. The Bertz CT molecular complexity index is 470. The molecule has 1 aromatic rings. The number of rotatable bonds is 7. The lowest BCUT2D eigenvalue weighted by atomic mass is 9.87. The standard InChI is InChI=1S/C17H25NO2S/c1-14-5-4-6-15(9-14)10-21-11-16(20)18-12-17(13-19)7-2-3-8-17/h4-6,9,19H,2-3,7-8,10-13H2,1H3,(H,18,20). The lowest BCUT2D eigenvalue weighted by molar-refractivity contribution is -0.119. The summed E-state index contributed by atoms with van der Waals surface area (Å²) < 4.78 is 0. The highest BCUT2D eigenvalue weighted by Crippen LogP contribution is 2.36. The summed E-state index contributed by atoms with van der Waals surface area (Å²) in [6.45, 7) is 2.88. The number of aliphatic hydroxyl groups is 1. The third kappa shape index (κ3) is 5.04. The number of benzene rings is 1. The lowest BCUT2D eigenvalue weighted by Gasteiger charge is -2.26. The Morgan fingerprint density at radius 3 is 2.81 bits per heavy atom. The molecule has 0 unspecified atom stereocenters. The minimum absolute atomic E-state index is 0.0587. The molecule has 2 rings (SSSR count). The van der Waals surface area contributed by atoms with Crippen LogP contribution in [0.25, 0.3) is 0 Å². The molecule has 1 aliphatic carbocycles. The van der Waals surface area contributed by atoms with Crippen molar-refractivity contribution in [1.82, 2.24) is 5.32 Å². The SMILES string of the molecule is Cc1cccc(CSCC(=O)NCC2(CO)CCCC2)c1. The molecule has 0 radical (unpaired) electrons. The van der Waals surface area contributed by atoms with Crippen molar-refractivity contribution in [3.8, 4) is 0 Å². The highest BCUT2D eigenvalue weighted by molar-refractivity contribution is 7.99. The van der Waals surface area contributed by atoms with Gasteiger partial charge in [0.1, 0.15) is 0 Å². The van der Waals surface area contributed by atoms with Crippen LogP contribution in [-0.4, -0.2) is 29.9 Å². The third-order valence-corrected chi connectivity index (χ3v) is 5.25. The van der Waals surface area contributed by atoms with Crippen LogP contribution >= 0.6 is 11.8 Å². The largest absolute Gasteiger partial charge is 0.396 e. The van der Waals surface area contributed by atoms with Crippen molar-refractivity contribution in [3.05, 3.63) is 35.4 Å². The Kier molecular flexibility index (Phi) is 6.12. The number of carbonyl (C=O) groups excluding carboxylic acids is 1. The number of aliphatic hydroxyl groups excluding tert-OH is 1. The lowest BCUT2D eigenvalue weighted by Crippen LogP contribution is -2.39. The summed E-state index contributed by atoms with van der Waals surface area (Å²) >= 11 is 1.64. The number of carbonyl (C=O) groups is 1. The van der Waals surface area contributed by atoms with E-state index in [1.54, 1.807) is 11.8 Å². The molecule has 0 atom stereocenters. The van der Waals surface area contributed by atoms with E-state index in [-0.39, 0.29) is 17.9 Å². The predicted molar refractivity (Wildman–Crippen MR) is 88.3 cm³/mol. The van der Waals surface area contributed by atoms with Crippen molar-refractivity contribution < 1.29 is 9.90 Å². The van der Waals surface area contributed by atoms with Gasteiger partial charge in [0.05, 0.1) is 12.4 Å². The molecule has 4 heteroatoms. The molecule has 0 heterocycles. The monoisotopic (exact) mass is 307 g/mol. The zero-order valence-corrected chi connectivity index (χ0v) is 13.5. The van der Waals surface area contributed by atoms with Crippen molar-refractivity contribution in [1.29, 1.82) is 0 Å². The molecule has 2 N–H and O–H groups in total. The van der Waals surface area contributed by atoms with E-state index in [9.17, 15) is 9.90 Å². The van der Waals surface area contributed by atoms with Crippen molar-refractivity contribution in [2.24, 2.45) is 5.41 Å². The summed E-state index contributed by atoms with van der Waals surface area (Å²) in [5, 5.41) is 12.5. The Balaban J connectivity index is 1.68. The van der Waals surface area contributed by atoms with Gasteiger partial charge in [0.2, 0.25) is 5.91 Å². The van der Waals surface area contributed by atoms with E-state index in [1.807, 2.05) is 0 Å². The number of hydrogen-bond acceptors (Lipinski definition) is 3. The second-order valence-corrected chi connectivity index (χ2v) is 7.11. The summed E-state index contributed by atoms with van der Waals surface area (Å²) in [5.74, 6) is 1.42. The van der Waals surface area contributed by atoms with Crippen molar-refractivity contribution in [2.75, 3.05) is 18.9 Å². The predicted octanol–water partition coefficient (Wildman–Crippen LogP) is 2.90. The maximum absolute atomic E-state index is 11.9. The van der Waals surface area contributed by atoms with Crippen molar-refractivity contribution in [3.63, 3.8) is 0 Å². The van der Waals surface area contributed by atoms with Gasteiger partial charge in [-0.2, -0.15) is 0 Å². The molecule has 1 fully saturated rings. The summed E-state index contributed by atoms with van der Waals surface area (Å²) in [6, 6.07) is 8.38. The quantitative estimate of drug-likeness (QED) is 0.814. The van der Waals surface area contributed by atoms with E-state index in [0.717, 1.165) is 18.6 Å². The molecule has 1 saturated carbocycles. The topological polar surface area (TPSA) is 49.3 Å². The van der Waals surface area contributed by atoms with Gasteiger partial charge in [-0.3, -0.25) is 4.79 Å². The zero-order chi connectivity index (χ0) is 15.1. The second kappa shape index (κ2) is 7.85.